The number of esters is 2. The van der Waals surface area contributed by atoms with Gasteiger partial charge in [-0.05, 0) is 56.8 Å². The molecule has 0 aromatic heterocycles. The van der Waals surface area contributed by atoms with Crippen molar-refractivity contribution in [3.05, 3.63) is 0 Å². The Hall–Kier alpha value is -1.18. The van der Waals surface area contributed by atoms with Gasteiger partial charge in [0.15, 0.2) is 0 Å². The van der Waals surface area contributed by atoms with E-state index in [2.05, 4.69) is 0 Å². The molecule has 0 aliphatic heterocycles. The third kappa shape index (κ3) is 5.74. The van der Waals surface area contributed by atoms with Gasteiger partial charge in [0.2, 0.25) is 0 Å². The fourth-order valence-corrected chi connectivity index (χ4v) is 6.09. The molecular weight excluding hydrogens is 388 g/mol. The standard InChI is InChI=1S/C23H38O7/c1-4-19(9-16(2)20(24)29-8-7-28-6-5-27-3)21(25)30-23-13-17-10-18(14-23)12-22(26,11-17)15-23/h16-19,26H,4-15H2,1-3H3. The minimum atomic E-state index is -0.658. The molecule has 4 rings (SSSR count). The average Bonchev–Trinajstić information content (AvgIpc) is 2.65. The Balaban J connectivity index is 1.46. The van der Waals surface area contributed by atoms with E-state index in [-0.39, 0.29) is 30.4 Å². The van der Waals surface area contributed by atoms with Crippen molar-refractivity contribution in [3.63, 3.8) is 0 Å². The predicted octanol–water partition coefficient (Wildman–Crippen LogP) is 2.87. The average molecular weight is 427 g/mol. The summed E-state index contributed by atoms with van der Waals surface area (Å²) in [5.41, 5.74) is -1.17. The lowest BCUT2D eigenvalue weighted by Crippen LogP contribution is -2.60. The number of aliphatic hydroxyl groups is 1. The Bertz CT molecular complexity index is 590. The van der Waals surface area contributed by atoms with Crippen LogP contribution < -0.4 is 0 Å². The maximum Gasteiger partial charge on any atom is 0.309 e. The van der Waals surface area contributed by atoms with Crippen molar-refractivity contribution in [1.29, 1.82) is 0 Å². The molecule has 4 saturated carbocycles. The molecular formula is C23H38O7. The second-order valence-corrected chi connectivity index (χ2v) is 9.80. The summed E-state index contributed by atoms with van der Waals surface area (Å²) >= 11 is 0. The summed E-state index contributed by atoms with van der Waals surface area (Å²) in [7, 11) is 1.60. The topological polar surface area (TPSA) is 91.3 Å². The smallest absolute Gasteiger partial charge is 0.309 e. The van der Waals surface area contributed by atoms with Crippen LogP contribution in [0.3, 0.4) is 0 Å². The molecule has 4 aliphatic rings. The van der Waals surface area contributed by atoms with E-state index in [1.807, 2.05) is 6.92 Å². The summed E-state index contributed by atoms with van der Waals surface area (Å²) in [6.45, 7) is 5.22. The van der Waals surface area contributed by atoms with Crippen molar-refractivity contribution in [2.45, 2.75) is 76.4 Å². The summed E-state index contributed by atoms with van der Waals surface area (Å²) in [4.78, 5) is 25.3. The van der Waals surface area contributed by atoms with Crippen LogP contribution in [0.5, 0.6) is 0 Å². The molecule has 4 unspecified atom stereocenters. The summed E-state index contributed by atoms with van der Waals surface area (Å²) < 4.78 is 21.5. The number of hydrogen-bond donors (Lipinski definition) is 1. The van der Waals surface area contributed by atoms with E-state index in [9.17, 15) is 14.7 Å². The first-order valence-corrected chi connectivity index (χ1v) is 11.5. The number of hydrogen-bond acceptors (Lipinski definition) is 7. The normalized spacial score (nSPS) is 33.9. The Morgan fingerprint density at radius 1 is 1.03 bits per heavy atom. The zero-order chi connectivity index (χ0) is 21.8. The van der Waals surface area contributed by atoms with Crippen molar-refractivity contribution in [3.8, 4) is 0 Å². The van der Waals surface area contributed by atoms with Crippen LogP contribution in [-0.4, -0.2) is 61.8 Å². The van der Waals surface area contributed by atoms with E-state index in [0.717, 1.165) is 32.1 Å². The Labute approximate surface area is 179 Å². The highest BCUT2D eigenvalue weighted by Crippen LogP contribution is 2.59. The molecule has 0 amide bonds. The van der Waals surface area contributed by atoms with Gasteiger partial charge in [0.05, 0.1) is 37.3 Å². The van der Waals surface area contributed by atoms with Crippen LogP contribution in [-0.2, 0) is 28.5 Å². The van der Waals surface area contributed by atoms with Crippen LogP contribution in [0, 0.1) is 23.7 Å². The zero-order valence-corrected chi connectivity index (χ0v) is 18.7. The molecule has 4 atom stereocenters. The lowest BCUT2D eigenvalue weighted by molar-refractivity contribution is -0.222. The monoisotopic (exact) mass is 426 g/mol. The molecule has 0 saturated heterocycles. The second-order valence-electron chi connectivity index (χ2n) is 9.80. The molecule has 4 bridgehead atoms. The van der Waals surface area contributed by atoms with Gasteiger partial charge in [0.25, 0.3) is 0 Å². The van der Waals surface area contributed by atoms with E-state index in [4.69, 9.17) is 18.9 Å². The number of ether oxygens (including phenoxy) is 4. The SMILES string of the molecule is CCC(CC(C)C(=O)OCCOCCOC)C(=O)OC12CC3CC(CC(O)(C3)C1)C2. The van der Waals surface area contributed by atoms with Gasteiger partial charge in [-0.3, -0.25) is 9.59 Å². The summed E-state index contributed by atoms with van der Waals surface area (Å²) in [6, 6.07) is 0. The largest absolute Gasteiger partial charge is 0.463 e. The van der Waals surface area contributed by atoms with Crippen molar-refractivity contribution < 1.29 is 33.6 Å². The number of rotatable bonds is 12. The van der Waals surface area contributed by atoms with Crippen molar-refractivity contribution >= 4 is 11.9 Å². The molecule has 0 radical (unpaired) electrons. The third-order valence-electron chi connectivity index (χ3n) is 7.06. The van der Waals surface area contributed by atoms with E-state index >= 15 is 0 Å². The zero-order valence-electron chi connectivity index (χ0n) is 18.7. The van der Waals surface area contributed by atoms with Crippen LogP contribution in [0.15, 0.2) is 0 Å². The molecule has 30 heavy (non-hydrogen) atoms. The van der Waals surface area contributed by atoms with E-state index < -0.39 is 11.2 Å². The Morgan fingerprint density at radius 2 is 1.70 bits per heavy atom. The predicted molar refractivity (Wildman–Crippen MR) is 110 cm³/mol. The molecule has 0 aromatic rings. The van der Waals surface area contributed by atoms with Crippen molar-refractivity contribution in [2.24, 2.45) is 23.7 Å². The highest BCUT2D eigenvalue weighted by molar-refractivity contribution is 5.76. The summed E-state index contributed by atoms with van der Waals surface area (Å²) in [5, 5.41) is 10.9. The molecule has 0 heterocycles. The highest BCUT2D eigenvalue weighted by Gasteiger charge is 2.59. The van der Waals surface area contributed by atoms with Crippen LogP contribution >= 0.6 is 0 Å². The van der Waals surface area contributed by atoms with Crippen LogP contribution in [0.1, 0.15) is 65.2 Å². The van der Waals surface area contributed by atoms with Crippen molar-refractivity contribution in [2.75, 3.05) is 33.5 Å². The third-order valence-corrected chi connectivity index (χ3v) is 7.06. The van der Waals surface area contributed by atoms with Gasteiger partial charge >= 0.3 is 11.9 Å². The fourth-order valence-electron chi connectivity index (χ4n) is 6.09. The van der Waals surface area contributed by atoms with Crippen molar-refractivity contribution in [1.82, 2.24) is 0 Å². The van der Waals surface area contributed by atoms with E-state index in [0.29, 0.717) is 50.9 Å². The fraction of sp³-hybridized carbons (Fsp3) is 0.913. The van der Waals surface area contributed by atoms with Gasteiger partial charge < -0.3 is 24.1 Å². The van der Waals surface area contributed by atoms with Crippen LogP contribution in [0.2, 0.25) is 0 Å². The first-order chi connectivity index (χ1) is 14.3. The second kappa shape index (κ2) is 9.96. The van der Waals surface area contributed by atoms with Gasteiger partial charge in [0.1, 0.15) is 12.2 Å². The molecule has 4 aliphatic carbocycles. The van der Waals surface area contributed by atoms with Gasteiger partial charge in [0, 0.05) is 13.5 Å². The quantitative estimate of drug-likeness (QED) is 0.379. The minimum absolute atomic E-state index is 0.193. The molecule has 7 nitrogen and oxygen atoms in total. The summed E-state index contributed by atoms with van der Waals surface area (Å²) in [5.74, 6) is -0.352. The van der Waals surface area contributed by atoms with Crippen LogP contribution in [0.25, 0.3) is 0 Å². The first-order valence-electron chi connectivity index (χ1n) is 11.5. The summed E-state index contributed by atoms with van der Waals surface area (Å²) in [6.07, 6.45) is 6.17. The molecule has 172 valence electrons. The highest BCUT2D eigenvalue weighted by atomic mass is 16.6. The molecule has 0 spiro atoms. The molecule has 1 N–H and O–H groups in total. The van der Waals surface area contributed by atoms with Gasteiger partial charge in [-0.15, -0.1) is 0 Å². The van der Waals surface area contributed by atoms with E-state index in [1.165, 1.54) is 0 Å². The Morgan fingerprint density at radius 3 is 2.30 bits per heavy atom. The first kappa shape index (κ1) is 23.5. The number of carbonyl (C=O) groups is 2. The molecule has 4 fully saturated rings. The van der Waals surface area contributed by atoms with Gasteiger partial charge in [-0.2, -0.15) is 0 Å². The van der Waals surface area contributed by atoms with Crippen LogP contribution in [0.4, 0.5) is 0 Å². The Kier molecular flexibility index (Phi) is 7.80. The van der Waals surface area contributed by atoms with E-state index in [1.54, 1.807) is 14.0 Å². The number of carbonyl (C=O) groups excluding carboxylic acids is 2. The maximum atomic E-state index is 13.0. The lowest BCUT2D eigenvalue weighted by Gasteiger charge is -2.59. The number of methoxy groups -OCH3 is 1. The maximum absolute atomic E-state index is 13.0. The minimum Gasteiger partial charge on any atom is -0.463 e. The van der Waals surface area contributed by atoms with Gasteiger partial charge in [-0.1, -0.05) is 13.8 Å². The molecule has 7 heteroatoms. The van der Waals surface area contributed by atoms with Gasteiger partial charge in [-0.25, -0.2) is 0 Å². The molecule has 0 aromatic carbocycles. The lowest BCUT2D eigenvalue weighted by atomic mass is 9.52.